The van der Waals surface area contributed by atoms with Gasteiger partial charge in [-0.25, -0.2) is 0 Å². The van der Waals surface area contributed by atoms with E-state index in [1.54, 1.807) is 0 Å². The Hall–Kier alpha value is -2.12. The predicted octanol–water partition coefficient (Wildman–Crippen LogP) is 3.88. The third-order valence-electron chi connectivity index (χ3n) is 4.63. The van der Waals surface area contributed by atoms with Crippen LogP contribution < -0.4 is 5.73 Å². The van der Waals surface area contributed by atoms with Crippen LogP contribution in [0.3, 0.4) is 0 Å². The van der Waals surface area contributed by atoms with Gasteiger partial charge in [-0.3, -0.25) is 0 Å². The second kappa shape index (κ2) is 4.71. The lowest BCUT2D eigenvalue weighted by Crippen LogP contribution is -2.43. The Balaban J connectivity index is 1.70. The first-order valence-corrected chi connectivity index (χ1v) is 7.56. The summed E-state index contributed by atoms with van der Waals surface area (Å²) in [5, 5.41) is 2.63. The van der Waals surface area contributed by atoms with Crippen LogP contribution in [0.2, 0.25) is 0 Å². The fourth-order valence-corrected chi connectivity index (χ4v) is 3.67. The van der Waals surface area contributed by atoms with Crippen molar-refractivity contribution in [3.8, 4) is 0 Å². The summed E-state index contributed by atoms with van der Waals surface area (Å²) >= 11 is 0. The van der Waals surface area contributed by atoms with Crippen molar-refractivity contribution in [3.63, 3.8) is 0 Å². The Morgan fingerprint density at radius 1 is 0.762 bits per heavy atom. The van der Waals surface area contributed by atoms with Gasteiger partial charge in [0.05, 0.1) is 0 Å². The van der Waals surface area contributed by atoms with Gasteiger partial charge < -0.3 is 5.73 Å². The number of hydrogen-bond acceptors (Lipinski definition) is 1. The highest BCUT2D eigenvalue weighted by molar-refractivity contribution is 5.85. The van der Waals surface area contributed by atoms with Gasteiger partial charge in [0, 0.05) is 5.54 Å². The minimum atomic E-state index is -0.145. The molecule has 104 valence electrons. The molecular weight excluding hydrogens is 254 g/mol. The number of rotatable bonds is 2. The summed E-state index contributed by atoms with van der Waals surface area (Å²) in [4.78, 5) is 0. The first-order valence-electron chi connectivity index (χ1n) is 7.56. The van der Waals surface area contributed by atoms with Crippen LogP contribution in [0, 0.1) is 0 Å². The molecule has 0 aliphatic heterocycles. The minimum absolute atomic E-state index is 0.145. The average Bonchev–Trinajstić information content (AvgIpc) is 2.83. The summed E-state index contributed by atoms with van der Waals surface area (Å²) in [5.74, 6) is 0. The standard InChI is InChI=1S/C20H19N/c21-20(12-16-7-1-2-8-17(16)13-20)14-18-10-5-9-15-6-3-4-11-19(15)18/h1-11H,12-14,21H2. The zero-order valence-electron chi connectivity index (χ0n) is 12.0. The van der Waals surface area contributed by atoms with Gasteiger partial charge in [-0.15, -0.1) is 0 Å². The van der Waals surface area contributed by atoms with Crippen LogP contribution >= 0.6 is 0 Å². The largest absolute Gasteiger partial charge is 0.324 e. The van der Waals surface area contributed by atoms with Crippen LogP contribution in [0.25, 0.3) is 10.8 Å². The van der Waals surface area contributed by atoms with Gasteiger partial charge in [-0.1, -0.05) is 66.7 Å². The smallest absolute Gasteiger partial charge is 0.0277 e. The lowest BCUT2D eigenvalue weighted by atomic mass is 9.87. The van der Waals surface area contributed by atoms with Crippen LogP contribution in [0.4, 0.5) is 0 Å². The van der Waals surface area contributed by atoms with Gasteiger partial charge in [-0.05, 0) is 46.7 Å². The molecule has 0 bridgehead atoms. The molecule has 0 heterocycles. The monoisotopic (exact) mass is 273 g/mol. The molecule has 1 nitrogen and oxygen atoms in total. The Morgan fingerprint density at radius 3 is 2.14 bits per heavy atom. The van der Waals surface area contributed by atoms with E-state index in [1.165, 1.54) is 27.5 Å². The van der Waals surface area contributed by atoms with E-state index in [0.717, 1.165) is 19.3 Å². The molecule has 1 aliphatic carbocycles. The second-order valence-electron chi connectivity index (χ2n) is 6.30. The maximum Gasteiger partial charge on any atom is 0.0277 e. The molecule has 0 aromatic heterocycles. The zero-order chi connectivity index (χ0) is 14.3. The van der Waals surface area contributed by atoms with E-state index >= 15 is 0 Å². The molecule has 0 unspecified atom stereocenters. The molecule has 0 radical (unpaired) electrons. The van der Waals surface area contributed by atoms with Crippen LogP contribution in [0.1, 0.15) is 16.7 Å². The van der Waals surface area contributed by atoms with Crippen LogP contribution in [-0.2, 0) is 19.3 Å². The highest BCUT2D eigenvalue weighted by Crippen LogP contribution is 2.32. The molecule has 0 amide bonds. The van der Waals surface area contributed by atoms with Gasteiger partial charge in [-0.2, -0.15) is 0 Å². The quantitative estimate of drug-likeness (QED) is 0.753. The van der Waals surface area contributed by atoms with Gasteiger partial charge in [0.2, 0.25) is 0 Å². The number of hydrogen-bond donors (Lipinski definition) is 1. The molecule has 0 fully saturated rings. The van der Waals surface area contributed by atoms with E-state index in [1.807, 2.05) is 0 Å². The van der Waals surface area contributed by atoms with Crippen molar-refractivity contribution in [1.82, 2.24) is 0 Å². The van der Waals surface area contributed by atoms with Gasteiger partial charge in [0.25, 0.3) is 0 Å². The number of nitrogens with two attached hydrogens (primary N) is 1. The fourth-order valence-electron chi connectivity index (χ4n) is 3.67. The molecule has 3 aromatic rings. The molecule has 1 heteroatoms. The SMILES string of the molecule is NC1(Cc2cccc3ccccc23)Cc2ccccc2C1. The van der Waals surface area contributed by atoms with Crippen molar-refractivity contribution in [3.05, 3.63) is 83.4 Å². The van der Waals surface area contributed by atoms with Gasteiger partial charge in [0.1, 0.15) is 0 Å². The maximum absolute atomic E-state index is 6.73. The molecular formula is C20H19N. The van der Waals surface area contributed by atoms with Crippen LogP contribution in [-0.4, -0.2) is 5.54 Å². The first-order chi connectivity index (χ1) is 10.2. The van der Waals surface area contributed by atoms with Crippen molar-refractivity contribution in [1.29, 1.82) is 0 Å². The van der Waals surface area contributed by atoms with Crippen molar-refractivity contribution in [2.45, 2.75) is 24.8 Å². The Kier molecular flexibility index (Phi) is 2.83. The maximum atomic E-state index is 6.73. The van der Waals surface area contributed by atoms with Gasteiger partial charge >= 0.3 is 0 Å². The molecule has 0 atom stereocenters. The third-order valence-corrected chi connectivity index (χ3v) is 4.63. The van der Waals surface area contributed by atoms with Gasteiger partial charge in [0.15, 0.2) is 0 Å². The summed E-state index contributed by atoms with van der Waals surface area (Å²) < 4.78 is 0. The normalized spacial score (nSPS) is 16.0. The second-order valence-corrected chi connectivity index (χ2v) is 6.30. The van der Waals surface area contributed by atoms with E-state index in [2.05, 4.69) is 66.7 Å². The summed E-state index contributed by atoms with van der Waals surface area (Å²) in [7, 11) is 0. The molecule has 0 saturated carbocycles. The lowest BCUT2D eigenvalue weighted by molar-refractivity contribution is 0.447. The van der Waals surface area contributed by atoms with E-state index in [-0.39, 0.29) is 5.54 Å². The van der Waals surface area contributed by atoms with Crippen molar-refractivity contribution >= 4 is 10.8 Å². The molecule has 3 aromatic carbocycles. The number of benzene rings is 3. The Morgan fingerprint density at radius 2 is 1.38 bits per heavy atom. The predicted molar refractivity (Wildman–Crippen MR) is 88.4 cm³/mol. The Bertz CT molecular complexity index is 773. The topological polar surface area (TPSA) is 26.0 Å². The minimum Gasteiger partial charge on any atom is -0.324 e. The van der Waals surface area contributed by atoms with Crippen molar-refractivity contribution in [2.24, 2.45) is 5.73 Å². The van der Waals surface area contributed by atoms with E-state index < -0.39 is 0 Å². The first kappa shape index (κ1) is 12.6. The highest BCUT2D eigenvalue weighted by Gasteiger charge is 2.33. The molecule has 2 N–H and O–H groups in total. The third kappa shape index (κ3) is 2.24. The van der Waals surface area contributed by atoms with Crippen molar-refractivity contribution < 1.29 is 0 Å². The molecule has 21 heavy (non-hydrogen) atoms. The van der Waals surface area contributed by atoms with E-state index in [9.17, 15) is 0 Å². The van der Waals surface area contributed by atoms with E-state index in [0.29, 0.717) is 0 Å². The summed E-state index contributed by atoms with van der Waals surface area (Å²) in [6.45, 7) is 0. The Labute approximate surface area is 125 Å². The molecule has 1 aliphatic rings. The van der Waals surface area contributed by atoms with Crippen LogP contribution in [0.5, 0.6) is 0 Å². The summed E-state index contributed by atoms with van der Waals surface area (Å²) in [6.07, 6.45) is 2.89. The zero-order valence-corrected chi connectivity index (χ0v) is 12.0. The van der Waals surface area contributed by atoms with E-state index in [4.69, 9.17) is 5.73 Å². The fraction of sp³-hybridized carbons (Fsp3) is 0.200. The lowest BCUT2D eigenvalue weighted by Gasteiger charge is -2.24. The molecule has 4 rings (SSSR count). The van der Waals surface area contributed by atoms with Crippen molar-refractivity contribution in [2.75, 3.05) is 0 Å². The molecule has 0 saturated heterocycles. The van der Waals surface area contributed by atoms with Crippen LogP contribution in [0.15, 0.2) is 66.7 Å². The molecule has 0 spiro atoms. The average molecular weight is 273 g/mol. The highest BCUT2D eigenvalue weighted by atomic mass is 14.8. The number of fused-ring (bicyclic) bond motifs is 2. The summed E-state index contributed by atoms with van der Waals surface area (Å²) in [5.41, 5.74) is 10.8. The summed E-state index contributed by atoms with van der Waals surface area (Å²) in [6, 6.07) is 23.8.